The maximum atomic E-state index is 13.0. The third kappa shape index (κ3) is 3.03. The van der Waals surface area contributed by atoms with Crippen LogP contribution in [0.1, 0.15) is 31.7 Å². The molecule has 2 saturated heterocycles. The fraction of sp³-hybridized carbons (Fsp3) is 0.650. The minimum Gasteiger partial charge on any atom is -0.341 e. The van der Waals surface area contributed by atoms with E-state index in [-0.39, 0.29) is 6.04 Å². The van der Waals surface area contributed by atoms with Crippen molar-refractivity contribution >= 4 is 5.91 Å². The van der Waals surface area contributed by atoms with Gasteiger partial charge in [-0.2, -0.15) is 0 Å². The lowest BCUT2D eigenvalue weighted by Gasteiger charge is -2.36. The molecule has 2 aliphatic heterocycles. The van der Waals surface area contributed by atoms with E-state index in [0.717, 1.165) is 57.3 Å². The van der Waals surface area contributed by atoms with Gasteiger partial charge in [-0.15, -0.1) is 0 Å². The molecule has 1 aromatic carbocycles. The summed E-state index contributed by atoms with van der Waals surface area (Å²) in [4.78, 5) is 17.5. The van der Waals surface area contributed by atoms with Gasteiger partial charge < -0.3 is 4.90 Å². The van der Waals surface area contributed by atoms with Crippen LogP contribution in [0.25, 0.3) is 0 Å². The maximum Gasteiger partial charge on any atom is 0.240 e. The number of amides is 1. The molecule has 4 rings (SSSR count). The van der Waals surface area contributed by atoms with Crippen LogP contribution in [0.15, 0.2) is 30.3 Å². The highest BCUT2D eigenvalue weighted by Gasteiger charge is 2.55. The van der Waals surface area contributed by atoms with Crippen molar-refractivity contribution in [1.29, 1.82) is 0 Å². The van der Waals surface area contributed by atoms with E-state index in [9.17, 15) is 4.79 Å². The Morgan fingerprint density at radius 3 is 2.61 bits per heavy atom. The van der Waals surface area contributed by atoms with E-state index in [2.05, 4.69) is 47.1 Å². The van der Waals surface area contributed by atoms with Crippen LogP contribution < -0.4 is 0 Å². The maximum absolute atomic E-state index is 13.0. The Labute approximate surface area is 139 Å². The first kappa shape index (κ1) is 15.2. The molecule has 3 nitrogen and oxygen atoms in total. The van der Waals surface area contributed by atoms with Crippen molar-refractivity contribution in [1.82, 2.24) is 9.80 Å². The van der Waals surface area contributed by atoms with E-state index in [0.29, 0.717) is 11.8 Å². The molecule has 0 aromatic heterocycles. The Morgan fingerprint density at radius 1 is 1.17 bits per heavy atom. The van der Waals surface area contributed by atoms with E-state index in [1.165, 1.54) is 12.0 Å². The van der Waals surface area contributed by atoms with E-state index < -0.39 is 0 Å². The molecule has 3 atom stereocenters. The van der Waals surface area contributed by atoms with Gasteiger partial charge in [0.15, 0.2) is 0 Å². The average Bonchev–Trinajstić information content (AvgIpc) is 3.26. The molecule has 3 aliphatic rings. The Kier molecular flexibility index (Phi) is 4.14. The molecule has 1 saturated carbocycles. The summed E-state index contributed by atoms with van der Waals surface area (Å²) in [6, 6.07) is 11.0. The summed E-state index contributed by atoms with van der Waals surface area (Å²) >= 11 is 0. The molecule has 124 valence electrons. The van der Waals surface area contributed by atoms with Crippen molar-refractivity contribution < 1.29 is 4.79 Å². The van der Waals surface area contributed by atoms with Crippen LogP contribution in [0.5, 0.6) is 0 Å². The highest BCUT2D eigenvalue weighted by Crippen LogP contribution is 2.50. The zero-order valence-corrected chi connectivity index (χ0v) is 14.2. The molecular weight excluding hydrogens is 284 g/mol. The van der Waals surface area contributed by atoms with Gasteiger partial charge in [-0.25, -0.2) is 0 Å². The van der Waals surface area contributed by atoms with E-state index in [4.69, 9.17) is 0 Å². The Balaban J connectivity index is 1.32. The zero-order valence-electron chi connectivity index (χ0n) is 14.2. The van der Waals surface area contributed by atoms with Gasteiger partial charge in [-0.05, 0) is 55.5 Å². The van der Waals surface area contributed by atoms with Crippen LogP contribution in [0.4, 0.5) is 0 Å². The van der Waals surface area contributed by atoms with E-state index in [1.54, 1.807) is 0 Å². The molecule has 1 aromatic rings. The third-order valence-corrected chi connectivity index (χ3v) is 6.20. The molecule has 0 spiro atoms. The van der Waals surface area contributed by atoms with Gasteiger partial charge in [-0.1, -0.05) is 37.3 Å². The number of carbonyl (C=O) groups excluding carboxylic acids is 1. The van der Waals surface area contributed by atoms with Crippen LogP contribution in [-0.2, 0) is 11.2 Å². The van der Waals surface area contributed by atoms with Crippen LogP contribution in [0.3, 0.4) is 0 Å². The number of likely N-dealkylation sites (tertiary alicyclic amines) is 2. The first-order valence-corrected chi connectivity index (χ1v) is 9.33. The fourth-order valence-electron chi connectivity index (χ4n) is 4.71. The second-order valence-corrected chi connectivity index (χ2v) is 7.65. The van der Waals surface area contributed by atoms with Gasteiger partial charge in [0.1, 0.15) is 0 Å². The fourth-order valence-corrected chi connectivity index (χ4v) is 4.71. The van der Waals surface area contributed by atoms with Gasteiger partial charge in [-0.3, -0.25) is 9.69 Å². The standard InChI is InChI=1S/C20H28N2O/c1-2-21-14-17-13-18(17)19(21)20(23)22-10-8-16(9-11-22)12-15-6-4-3-5-7-15/h3-7,16-19H,2,8-14H2,1H3/t17-,18+,19?/m1/s1. The van der Waals surface area contributed by atoms with Crippen molar-refractivity contribution in [2.75, 3.05) is 26.2 Å². The number of hydrogen-bond donors (Lipinski definition) is 0. The molecule has 2 heterocycles. The Morgan fingerprint density at radius 2 is 1.91 bits per heavy atom. The van der Waals surface area contributed by atoms with Gasteiger partial charge in [0.05, 0.1) is 6.04 Å². The molecule has 23 heavy (non-hydrogen) atoms. The summed E-state index contributed by atoms with van der Waals surface area (Å²) in [6.45, 7) is 6.29. The summed E-state index contributed by atoms with van der Waals surface area (Å²) in [5, 5.41) is 0. The molecule has 0 bridgehead atoms. The van der Waals surface area contributed by atoms with Crippen LogP contribution in [0.2, 0.25) is 0 Å². The second kappa shape index (κ2) is 6.27. The summed E-state index contributed by atoms with van der Waals surface area (Å²) < 4.78 is 0. The largest absolute Gasteiger partial charge is 0.341 e. The number of fused-ring (bicyclic) bond motifs is 1. The first-order valence-electron chi connectivity index (χ1n) is 9.33. The van der Waals surface area contributed by atoms with Crippen molar-refractivity contribution in [2.24, 2.45) is 17.8 Å². The molecule has 0 radical (unpaired) electrons. The molecule has 0 N–H and O–H groups in total. The smallest absolute Gasteiger partial charge is 0.240 e. The molecule has 3 heteroatoms. The molecule has 1 unspecified atom stereocenters. The summed E-state index contributed by atoms with van der Waals surface area (Å²) in [5.41, 5.74) is 1.44. The van der Waals surface area contributed by atoms with Crippen molar-refractivity contribution in [3.05, 3.63) is 35.9 Å². The highest BCUT2D eigenvalue weighted by molar-refractivity contribution is 5.83. The minimum atomic E-state index is 0.204. The molecule has 1 amide bonds. The number of hydrogen-bond acceptors (Lipinski definition) is 2. The lowest BCUT2D eigenvalue weighted by Crippen LogP contribution is -2.50. The predicted molar refractivity (Wildman–Crippen MR) is 92.1 cm³/mol. The predicted octanol–water partition coefficient (Wildman–Crippen LogP) is 2.81. The summed E-state index contributed by atoms with van der Waals surface area (Å²) in [6.07, 6.45) is 4.77. The quantitative estimate of drug-likeness (QED) is 0.853. The average molecular weight is 312 g/mol. The lowest BCUT2D eigenvalue weighted by atomic mass is 9.90. The van der Waals surface area contributed by atoms with Gasteiger partial charge in [0, 0.05) is 19.6 Å². The van der Waals surface area contributed by atoms with E-state index in [1.807, 2.05) is 0 Å². The summed E-state index contributed by atoms with van der Waals surface area (Å²) in [7, 11) is 0. The van der Waals surface area contributed by atoms with Crippen LogP contribution >= 0.6 is 0 Å². The van der Waals surface area contributed by atoms with Crippen molar-refractivity contribution in [3.8, 4) is 0 Å². The SMILES string of the molecule is CCN1C[C@H]2C[C@@H]2C1C(=O)N1CCC(Cc2ccccc2)CC1. The minimum absolute atomic E-state index is 0.204. The van der Waals surface area contributed by atoms with E-state index >= 15 is 0 Å². The molecule has 1 aliphatic carbocycles. The number of benzene rings is 1. The first-order chi connectivity index (χ1) is 11.3. The second-order valence-electron chi connectivity index (χ2n) is 7.65. The highest BCUT2D eigenvalue weighted by atomic mass is 16.2. The normalized spacial score (nSPS) is 31.2. The van der Waals surface area contributed by atoms with Crippen molar-refractivity contribution in [3.63, 3.8) is 0 Å². The summed E-state index contributed by atoms with van der Waals surface area (Å²) in [5.74, 6) is 2.65. The lowest BCUT2D eigenvalue weighted by molar-refractivity contribution is -0.138. The number of nitrogens with zero attached hydrogens (tertiary/aromatic N) is 2. The Bertz CT molecular complexity index is 550. The third-order valence-electron chi connectivity index (χ3n) is 6.20. The molecular formula is C20H28N2O. The monoisotopic (exact) mass is 312 g/mol. The number of likely N-dealkylation sites (N-methyl/N-ethyl adjacent to an activating group) is 1. The number of carbonyl (C=O) groups is 1. The van der Waals surface area contributed by atoms with Gasteiger partial charge >= 0.3 is 0 Å². The van der Waals surface area contributed by atoms with Gasteiger partial charge in [0.2, 0.25) is 5.91 Å². The van der Waals surface area contributed by atoms with Gasteiger partial charge in [0.25, 0.3) is 0 Å². The number of piperidine rings is 2. The van der Waals surface area contributed by atoms with Crippen LogP contribution in [0, 0.1) is 17.8 Å². The molecule has 3 fully saturated rings. The zero-order chi connectivity index (χ0) is 15.8. The van der Waals surface area contributed by atoms with Crippen molar-refractivity contribution in [2.45, 2.75) is 38.6 Å². The topological polar surface area (TPSA) is 23.6 Å². The van der Waals surface area contributed by atoms with Crippen LogP contribution in [-0.4, -0.2) is 47.9 Å². The number of rotatable bonds is 4. The Hall–Kier alpha value is -1.35.